The van der Waals surface area contributed by atoms with Crippen molar-refractivity contribution >= 4 is 11.7 Å². The number of nitro groups is 1. The Balaban J connectivity index is 2.31. The van der Waals surface area contributed by atoms with Gasteiger partial charge >= 0.3 is 5.97 Å². The summed E-state index contributed by atoms with van der Waals surface area (Å²) < 4.78 is 4.87. The van der Waals surface area contributed by atoms with Gasteiger partial charge in [0.25, 0.3) is 5.69 Å². The zero-order chi connectivity index (χ0) is 14.7. The minimum Gasteiger partial charge on any atom is -0.508 e. The number of aromatic hydroxyl groups is 2. The number of benzene rings is 2. The summed E-state index contributed by atoms with van der Waals surface area (Å²) in [4.78, 5) is 22.0. The number of hydrogen-bond donors (Lipinski definition) is 2. The smallest absolute Gasteiger partial charge is 0.350 e. The number of nitrogens with zero attached hydrogens (tertiary/aromatic N) is 1. The van der Waals surface area contributed by atoms with Gasteiger partial charge in [-0.1, -0.05) is 12.1 Å². The van der Waals surface area contributed by atoms with Gasteiger partial charge in [0.05, 0.1) is 4.92 Å². The van der Waals surface area contributed by atoms with Crippen molar-refractivity contribution in [3.05, 3.63) is 58.1 Å². The monoisotopic (exact) mass is 275 g/mol. The Morgan fingerprint density at radius 1 is 1.15 bits per heavy atom. The molecule has 0 spiro atoms. The first-order valence-corrected chi connectivity index (χ1v) is 5.46. The normalized spacial score (nSPS) is 10.0. The van der Waals surface area contributed by atoms with Crippen molar-refractivity contribution < 1.29 is 24.7 Å². The highest BCUT2D eigenvalue weighted by molar-refractivity contribution is 5.95. The van der Waals surface area contributed by atoms with Gasteiger partial charge in [0, 0.05) is 12.1 Å². The molecule has 0 amide bonds. The van der Waals surface area contributed by atoms with Crippen LogP contribution in [0.4, 0.5) is 5.69 Å². The third-order valence-corrected chi connectivity index (χ3v) is 2.47. The van der Waals surface area contributed by atoms with E-state index in [0.717, 1.165) is 6.07 Å². The van der Waals surface area contributed by atoms with Crippen LogP contribution in [0.3, 0.4) is 0 Å². The first kappa shape index (κ1) is 13.3. The molecular weight excluding hydrogens is 266 g/mol. The van der Waals surface area contributed by atoms with E-state index in [4.69, 9.17) is 9.84 Å². The van der Waals surface area contributed by atoms with Gasteiger partial charge in [0.2, 0.25) is 0 Å². The van der Waals surface area contributed by atoms with Crippen LogP contribution >= 0.6 is 0 Å². The molecule has 0 bridgehead atoms. The fourth-order valence-corrected chi connectivity index (χ4v) is 1.55. The Morgan fingerprint density at radius 3 is 2.50 bits per heavy atom. The number of phenols is 2. The van der Waals surface area contributed by atoms with Gasteiger partial charge in [-0.2, -0.15) is 0 Å². The third kappa shape index (κ3) is 2.66. The zero-order valence-electron chi connectivity index (χ0n) is 10.0. The molecule has 0 aromatic heterocycles. The average Bonchev–Trinajstić information content (AvgIpc) is 2.41. The molecule has 0 saturated carbocycles. The molecule has 2 rings (SSSR count). The molecule has 2 aromatic rings. The Kier molecular flexibility index (Phi) is 3.52. The molecule has 0 heterocycles. The highest BCUT2D eigenvalue weighted by atomic mass is 16.6. The van der Waals surface area contributed by atoms with Crippen molar-refractivity contribution in [1.82, 2.24) is 0 Å². The molecule has 0 unspecified atom stereocenters. The Hall–Kier alpha value is -3.09. The molecule has 0 saturated heterocycles. The summed E-state index contributed by atoms with van der Waals surface area (Å²) in [6.07, 6.45) is 0. The zero-order valence-corrected chi connectivity index (χ0v) is 10.0. The van der Waals surface area contributed by atoms with Crippen LogP contribution in [-0.4, -0.2) is 21.1 Å². The Bertz CT molecular complexity index is 682. The lowest BCUT2D eigenvalue weighted by Crippen LogP contribution is -2.11. The second kappa shape index (κ2) is 5.27. The molecule has 0 radical (unpaired) electrons. The van der Waals surface area contributed by atoms with Gasteiger partial charge in [-0.25, -0.2) is 4.79 Å². The second-order valence-electron chi connectivity index (χ2n) is 3.82. The van der Waals surface area contributed by atoms with Crippen LogP contribution in [0.1, 0.15) is 10.4 Å². The maximum atomic E-state index is 11.9. The third-order valence-electron chi connectivity index (χ3n) is 2.47. The molecule has 0 aliphatic rings. The maximum Gasteiger partial charge on any atom is 0.350 e. The molecule has 2 aromatic carbocycles. The summed E-state index contributed by atoms with van der Waals surface area (Å²) in [5, 5.41) is 29.4. The first-order chi connectivity index (χ1) is 9.49. The average molecular weight is 275 g/mol. The van der Waals surface area contributed by atoms with Crippen LogP contribution in [-0.2, 0) is 0 Å². The van der Waals surface area contributed by atoms with E-state index in [1.165, 1.54) is 36.4 Å². The van der Waals surface area contributed by atoms with E-state index in [9.17, 15) is 20.0 Å². The van der Waals surface area contributed by atoms with E-state index in [1.807, 2.05) is 0 Å². The minimum atomic E-state index is -0.974. The molecule has 20 heavy (non-hydrogen) atoms. The summed E-state index contributed by atoms with van der Waals surface area (Å²) in [6, 6.07) is 8.68. The van der Waals surface area contributed by atoms with E-state index >= 15 is 0 Å². The van der Waals surface area contributed by atoms with Crippen LogP contribution < -0.4 is 4.74 Å². The van der Waals surface area contributed by atoms with Crippen LogP contribution in [0.2, 0.25) is 0 Å². The Labute approximate surface area is 112 Å². The second-order valence-corrected chi connectivity index (χ2v) is 3.82. The molecule has 0 fully saturated rings. The van der Waals surface area contributed by atoms with Crippen molar-refractivity contribution in [2.24, 2.45) is 0 Å². The Morgan fingerprint density at radius 2 is 1.85 bits per heavy atom. The number of esters is 1. The van der Waals surface area contributed by atoms with Crippen molar-refractivity contribution in [3.63, 3.8) is 0 Å². The lowest BCUT2D eigenvalue weighted by atomic mass is 10.2. The molecular formula is C13H9NO6. The number of rotatable bonds is 3. The summed E-state index contributed by atoms with van der Waals surface area (Å²) in [7, 11) is 0. The van der Waals surface area contributed by atoms with Crippen molar-refractivity contribution in [2.75, 3.05) is 0 Å². The van der Waals surface area contributed by atoms with Gasteiger partial charge < -0.3 is 14.9 Å². The van der Waals surface area contributed by atoms with Crippen molar-refractivity contribution in [1.29, 1.82) is 0 Å². The molecule has 0 aliphatic heterocycles. The molecule has 0 atom stereocenters. The van der Waals surface area contributed by atoms with Gasteiger partial charge in [0.1, 0.15) is 11.3 Å². The lowest BCUT2D eigenvalue weighted by molar-refractivity contribution is -0.385. The quantitative estimate of drug-likeness (QED) is 0.384. The number of hydrogen-bond acceptors (Lipinski definition) is 6. The van der Waals surface area contributed by atoms with Gasteiger partial charge in [-0.3, -0.25) is 10.1 Å². The summed E-state index contributed by atoms with van der Waals surface area (Å²) in [5.74, 6) is -1.82. The van der Waals surface area contributed by atoms with Crippen LogP contribution in [0.25, 0.3) is 0 Å². The molecule has 0 aliphatic carbocycles. The SMILES string of the molecule is O=C(Oc1ccc(O)cc1O)c1ccccc1[N+](=O)[O-]. The first-order valence-electron chi connectivity index (χ1n) is 5.46. The van der Waals surface area contributed by atoms with Crippen LogP contribution in [0.5, 0.6) is 17.2 Å². The number of nitro benzene ring substituents is 1. The number of carbonyl (C=O) groups is 1. The van der Waals surface area contributed by atoms with E-state index in [-0.39, 0.29) is 17.1 Å². The number of para-hydroxylation sites is 1. The van der Waals surface area contributed by atoms with E-state index in [1.54, 1.807) is 0 Å². The molecule has 7 nitrogen and oxygen atoms in total. The number of phenolic OH excluding ortho intramolecular Hbond substituents is 2. The predicted octanol–water partition coefficient (Wildman–Crippen LogP) is 2.23. The largest absolute Gasteiger partial charge is 0.508 e. The lowest BCUT2D eigenvalue weighted by Gasteiger charge is -2.06. The minimum absolute atomic E-state index is 0.201. The van der Waals surface area contributed by atoms with Gasteiger partial charge in [0.15, 0.2) is 11.5 Å². The summed E-state index contributed by atoms with van der Waals surface area (Å²) >= 11 is 0. The molecule has 2 N–H and O–H groups in total. The van der Waals surface area contributed by atoms with E-state index in [2.05, 4.69) is 0 Å². The standard InChI is InChI=1S/C13H9NO6/c15-8-5-6-12(11(16)7-8)20-13(17)9-3-1-2-4-10(9)14(18)19/h1-7,15-16H. The topological polar surface area (TPSA) is 110 Å². The highest BCUT2D eigenvalue weighted by Gasteiger charge is 2.21. The molecule has 102 valence electrons. The number of carbonyl (C=O) groups excluding carboxylic acids is 1. The fourth-order valence-electron chi connectivity index (χ4n) is 1.55. The van der Waals surface area contributed by atoms with Crippen LogP contribution in [0.15, 0.2) is 42.5 Å². The van der Waals surface area contributed by atoms with Gasteiger partial charge in [-0.15, -0.1) is 0 Å². The summed E-state index contributed by atoms with van der Waals surface area (Å²) in [6.45, 7) is 0. The van der Waals surface area contributed by atoms with E-state index in [0.29, 0.717) is 0 Å². The summed E-state index contributed by atoms with van der Waals surface area (Å²) in [5.41, 5.74) is -0.624. The van der Waals surface area contributed by atoms with E-state index < -0.39 is 22.3 Å². The maximum absolute atomic E-state index is 11.9. The fraction of sp³-hybridized carbons (Fsp3) is 0. The number of ether oxygens (including phenoxy) is 1. The molecule has 7 heteroatoms. The van der Waals surface area contributed by atoms with Gasteiger partial charge in [-0.05, 0) is 18.2 Å². The van der Waals surface area contributed by atoms with Crippen molar-refractivity contribution in [3.8, 4) is 17.2 Å². The van der Waals surface area contributed by atoms with Crippen LogP contribution in [0, 0.1) is 10.1 Å². The highest BCUT2D eigenvalue weighted by Crippen LogP contribution is 2.30. The predicted molar refractivity (Wildman–Crippen MR) is 67.8 cm³/mol. The van der Waals surface area contributed by atoms with Crippen molar-refractivity contribution in [2.45, 2.75) is 0 Å².